The summed E-state index contributed by atoms with van der Waals surface area (Å²) in [5.41, 5.74) is 1.89. The number of rotatable bonds is 4. The first kappa shape index (κ1) is 12.6. The van der Waals surface area contributed by atoms with Crippen LogP contribution in [0.5, 0.6) is 0 Å². The lowest BCUT2D eigenvalue weighted by Crippen LogP contribution is -2.43. The Hall–Kier alpha value is -1.44. The molecule has 2 aromatic heterocycles. The van der Waals surface area contributed by atoms with Crippen molar-refractivity contribution in [3.63, 3.8) is 0 Å². The fourth-order valence-corrected chi connectivity index (χ4v) is 3.13. The Bertz CT molecular complexity index is 607. The number of nitrogens with two attached hydrogens (primary N) is 1. The first-order chi connectivity index (χ1) is 9.09. The maximum Gasteiger partial charge on any atom is 0.240 e. The molecule has 0 bridgehead atoms. The van der Waals surface area contributed by atoms with Gasteiger partial charge in [0.05, 0.1) is 11.0 Å². The van der Waals surface area contributed by atoms with Gasteiger partial charge in [0, 0.05) is 11.4 Å². The van der Waals surface area contributed by atoms with Crippen molar-refractivity contribution in [3.05, 3.63) is 10.9 Å². The number of nitrogens with one attached hydrogen (secondary N) is 2. The maximum absolute atomic E-state index is 10.1. The molecule has 102 valence electrons. The fourth-order valence-electron chi connectivity index (χ4n) is 2.25. The largest absolute Gasteiger partial charge is 0.388 e. The lowest BCUT2D eigenvalue weighted by molar-refractivity contribution is -0.0202. The van der Waals surface area contributed by atoms with Crippen LogP contribution < -0.4 is 16.6 Å². The van der Waals surface area contributed by atoms with Crippen molar-refractivity contribution >= 4 is 33.3 Å². The van der Waals surface area contributed by atoms with Crippen LogP contribution in [0, 0.1) is 6.92 Å². The third-order valence-electron chi connectivity index (χ3n) is 3.51. The van der Waals surface area contributed by atoms with Crippen molar-refractivity contribution in [3.8, 4) is 0 Å². The SMILES string of the molecule is Cc1cc2c(NCC3(O)CCC3)nc(NN)nc2s1. The third kappa shape index (κ3) is 2.36. The molecule has 5 N–H and O–H groups in total. The van der Waals surface area contributed by atoms with Gasteiger partial charge in [-0.05, 0) is 32.3 Å². The molecule has 0 aliphatic heterocycles. The van der Waals surface area contributed by atoms with Gasteiger partial charge < -0.3 is 10.4 Å². The van der Waals surface area contributed by atoms with Gasteiger partial charge in [-0.25, -0.2) is 10.8 Å². The number of hydrogen-bond donors (Lipinski definition) is 4. The smallest absolute Gasteiger partial charge is 0.240 e. The Morgan fingerprint density at radius 1 is 1.47 bits per heavy atom. The third-order valence-corrected chi connectivity index (χ3v) is 4.46. The number of hydrazine groups is 1. The first-order valence-corrected chi connectivity index (χ1v) is 7.12. The average molecular weight is 279 g/mol. The highest BCUT2D eigenvalue weighted by Crippen LogP contribution is 2.33. The van der Waals surface area contributed by atoms with E-state index >= 15 is 0 Å². The molecular weight excluding hydrogens is 262 g/mol. The van der Waals surface area contributed by atoms with E-state index in [1.54, 1.807) is 11.3 Å². The lowest BCUT2D eigenvalue weighted by atomic mass is 9.80. The Balaban J connectivity index is 1.91. The summed E-state index contributed by atoms with van der Waals surface area (Å²) in [5.74, 6) is 6.50. The van der Waals surface area contributed by atoms with Crippen molar-refractivity contribution in [2.24, 2.45) is 5.84 Å². The molecule has 0 spiro atoms. The van der Waals surface area contributed by atoms with Crippen LogP contribution in [-0.4, -0.2) is 27.2 Å². The molecule has 0 saturated heterocycles. The Kier molecular flexibility index (Phi) is 3.04. The van der Waals surface area contributed by atoms with Crippen molar-refractivity contribution < 1.29 is 5.11 Å². The van der Waals surface area contributed by atoms with Crippen LogP contribution >= 0.6 is 11.3 Å². The Morgan fingerprint density at radius 3 is 2.89 bits per heavy atom. The lowest BCUT2D eigenvalue weighted by Gasteiger charge is -2.36. The van der Waals surface area contributed by atoms with Crippen LogP contribution in [0.15, 0.2) is 6.07 Å². The minimum absolute atomic E-state index is 0.387. The van der Waals surface area contributed by atoms with E-state index in [0.717, 1.165) is 35.3 Å². The molecule has 2 aromatic rings. The van der Waals surface area contributed by atoms with Gasteiger partial charge in [-0.15, -0.1) is 11.3 Å². The van der Waals surface area contributed by atoms with E-state index in [9.17, 15) is 5.11 Å². The number of hydrogen-bond acceptors (Lipinski definition) is 7. The summed E-state index contributed by atoms with van der Waals surface area (Å²) in [6, 6.07) is 2.05. The standard InChI is InChI=1S/C12H17N5OS/c1-7-5-8-9(14-6-12(18)3-2-4-12)15-11(17-13)16-10(8)19-7/h5,18H,2-4,6,13H2,1H3,(H2,14,15,16,17). The number of aliphatic hydroxyl groups is 1. The highest BCUT2D eigenvalue weighted by atomic mass is 32.1. The predicted molar refractivity (Wildman–Crippen MR) is 77.3 cm³/mol. The van der Waals surface area contributed by atoms with Crippen molar-refractivity contribution in [2.75, 3.05) is 17.3 Å². The van der Waals surface area contributed by atoms with Crippen LogP contribution in [0.4, 0.5) is 11.8 Å². The molecule has 19 heavy (non-hydrogen) atoms. The second kappa shape index (κ2) is 4.59. The van der Waals surface area contributed by atoms with E-state index in [2.05, 4.69) is 20.7 Å². The minimum Gasteiger partial charge on any atom is -0.388 e. The van der Waals surface area contributed by atoms with E-state index in [1.165, 1.54) is 4.88 Å². The van der Waals surface area contributed by atoms with E-state index in [-0.39, 0.29) is 0 Å². The summed E-state index contributed by atoms with van der Waals surface area (Å²) in [7, 11) is 0. The van der Waals surface area contributed by atoms with Crippen molar-refractivity contribution in [1.82, 2.24) is 9.97 Å². The quantitative estimate of drug-likeness (QED) is 0.501. The molecule has 1 saturated carbocycles. The molecule has 1 aliphatic carbocycles. The molecule has 7 heteroatoms. The van der Waals surface area contributed by atoms with Crippen LogP contribution in [0.1, 0.15) is 24.1 Å². The number of aromatic nitrogens is 2. The summed E-state index contributed by atoms with van der Waals surface area (Å²) in [6.45, 7) is 2.54. The van der Waals surface area contributed by atoms with Crippen LogP contribution in [0.25, 0.3) is 10.2 Å². The molecule has 2 heterocycles. The summed E-state index contributed by atoms with van der Waals surface area (Å²) < 4.78 is 0. The first-order valence-electron chi connectivity index (χ1n) is 6.31. The summed E-state index contributed by atoms with van der Waals surface area (Å²) in [5, 5.41) is 14.3. The monoisotopic (exact) mass is 279 g/mol. The Morgan fingerprint density at radius 2 is 2.26 bits per heavy atom. The minimum atomic E-state index is -0.585. The molecule has 1 fully saturated rings. The van der Waals surface area contributed by atoms with Crippen LogP contribution in [0.3, 0.4) is 0 Å². The van der Waals surface area contributed by atoms with Gasteiger partial charge in [-0.1, -0.05) is 0 Å². The fraction of sp³-hybridized carbons (Fsp3) is 0.500. The Labute approximate surface area is 115 Å². The van der Waals surface area contributed by atoms with E-state index < -0.39 is 5.60 Å². The van der Waals surface area contributed by atoms with E-state index in [0.29, 0.717) is 12.5 Å². The summed E-state index contributed by atoms with van der Waals surface area (Å²) in [6.07, 6.45) is 2.78. The zero-order valence-corrected chi connectivity index (χ0v) is 11.5. The van der Waals surface area contributed by atoms with Gasteiger partial charge in [-0.2, -0.15) is 4.98 Å². The zero-order valence-electron chi connectivity index (χ0n) is 10.7. The van der Waals surface area contributed by atoms with Gasteiger partial charge in [0.25, 0.3) is 0 Å². The molecule has 0 amide bonds. The van der Waals surface area contributed by atoms with Crippen molar-refractivity contribution in [2.45, 2.75) is 31.8 Å². The molecule has 6 nitrogen and oxygen atoms in total. The molecule has 0 atom stereocenters. The molecule has 3 rings (SSSR count). The topological polar surface area (TPSA) is 96.1 Å². The molecular formula is C12H17N5OS. The maximum atomic E-state index is 10.1. The second-order valence-electron chi connectivity index (χ2n) is 5.05. The highest BCUT2D eigenvalue weighted by molar-refractivity contribution is 7.18. The number of anilines is 2. The summed E-state index contributed by atoms with van der Waals surface area (Å²) >= 11 is 1.60. The normalized spacial score (nSPS) is 17.2. The van der Waals surface area contributed by atoms with Crippen LogP contribution in [0.2, 0.25) is 0 Å². The zero-order chi connectivity index (χ0) is 13.5. The number of aryl methyl sites for hydroxylation is 1. The number of thiophene rings is 1. The van der Waals surface area contributed by atoms with Gasteiger partial charge in [-0.3, -0.25) is 5.43 Å². The second-order valence-corrected chi connectivity index (χ2v) is 6.28. The van der Waals surface area contributed by atoms with E-state index in [4.69, 9.17) is 5.84 Å². The molecule has 1 aliphatic rings. The predicted octanol–water partition coefficient (Wildman–Crippen LogP) is 1.61. The molecule has 0 radical (unpaired) electrons. The number of fused-ring (bicyclic) bond motifs is 1. The molecule has 0 unspecified atom stereocenters. The van der Waals surface area contributed by atoms with E-state index in [1.807, 2.05) is 13.0 Å². The van der Waals surface area contributed by atoms with Gasteiger partial charge in [0.1, 0.15) is 10.6 Å². The van der Waals surface area contributed by atoms with Gasteiger partial charge >= 0.3 is 0 Å². The van der Waals surface area contributed by atoms with Gasteiger partial charge in [0.2, 0.25) is 5.95 Å². The number of nitrogen functional groups attached to an aromatic ring is 1. The molecule has 0 aromatic carbocycles. The number of nitrogens with zero attached hydrogens (tertiary/aromatic N) is 2. The van der Waals surface area contributed by atoms with Crippen LogP contribution in [-0.2, 0) is 0 Å². The van der Waals surface area contributed by atoms with Gasteiger partial charge in [0.15, 0.2) is 0 Å². The van der Waals surface area contributed by atoms with Crippen molar-refractivity contribution in [1.29, 1.82) is 0 Å². The highest BCUT2D eigenvalue weighted by Gasteiger charge is 2.34. The average Bonchev–Trinajstić information content (AvgIpc) is 2.73. The summed E-state index contributed by atoms with van der Waals surface area (Å²) in [4.78, 5) is 10.7.